The molecule has 1 fully saturated rings. The summed E-state index contributed by atoms with van der Waals surface area (Å²) in [6.07, 6.45) is 5.46. The highest BCUT2D eigenvalue weighted by Gasteiger charge is 2.18. The van der Waals surface area contributed by atoms with E-state index in [0.717, 1.165) is 5.92 Å². The lowest BCUT2D eigenvalue weighted by Crippen LogP contribution is -2.13. The van der Waals surface area contributed by atoms with Gasteiger partial charge in [0, 0.05) is 4.58 Å². The molecule has 0 saturated heterocycles. The van der Waals surface area contributed by atoms with Crippen molar-refractivity contribution in [1.29, 1.82) is 0 Å². The van der Waals surface area contributed by atoms with Crippen LogP contribution in [-0.4, -0.2) is 4.58 Å². The number of rotatable bonds is 2. The molecule has 0 spiro atoms. The summed E-state index contributed by atoms with van der Waals surface area (Å²) in [5.74, 6) is 0.954. The monoisotopic (exact) mass is 148 g/mol. The molecule has 8 heavy (non-hydrogen) atoms. The third-order valence-electron chi connectivity index (χ3n) is 1.77. The van der Waals surface area contributed by atoms with Gasteiger partial charge in [0.25, 0.3) is 0 Å². The molecule has 0 aromatic heterocycles. The molecule has 1 rings (SSSR count). The zero-order valence-corrected chi connectivity index (χ0v) is 6.67. The lowest BCUT2D eigenvalue weighted by molar-refractivity contribution is 0.306. The maximum Gasteiger partial charge on any atom is 0.0444 e. The maximum atomic E-state index is 4.19. The first kappa shape index (κ1) is 6.81. The average molecular weight is 148 g/mol. The van der Waals surface area contributed by atoms with E-state index in [1.54, 1.807) is 0 Å². The molecule has 1 aliphatic carbocycles. The molecule has 2 heteroatoms. The van der Waals surface area contributed by atoms with Crippen LogP contribution in [0.15, 0.2) is 0 Å². The first-order chi connectivity index (χ1) is 3.79. The van der Waals surface area contributed by atoms with Crippen LogP contribution in [0.25, 0.3) is 0 Å². The highest BCUT2D eigenvalue weighted by Crippen LogP contribution is 2.32. The van der Waals surface area contributed by atoms with Gasteiger partial charge in [-0.1, -0.05) is 19.3 Å². The predicted molar refractivity (Wildman–Crippen MR) is 43.7 cm³/mol. The molecule has 0 nitrogen and oxygen atoms in total. The van der Waals surface area contributed by atoms with Crippen LogP contribution < -0.4 is 0 Å². The van der Waals surface area contributed by atoms with Crippen molar-refractivity contribution in [3.8, 4) is 0 Å². The van der Waals surface area contributed by atoms with Gasteiger partial charge in [0.1, 0.15) is 0 Å². The van der Waals surface area contributed by atoms with E-state index < -0.39 is 0 Å². The Morgan fingerprint density at radius 3 is 2.12 bits per heavy atom. The Hall–Kier alpha value is 0.700. The average Bonchev–Trinajstić information content (AvgIpc) is 1.55. The van der Waals surface area contributed by atoms with E-state index in [4.69, 9.17) is 0 Å². The van der Waals surface area contributed by atoms with Gasteiger partial charge in [-0.05, 0) is 12.3 Å². The van der Waals surface area contributed by atoms with Gasteiger partial charge >= 0.3 is 0 Å². The van der Waals surface area contributed by atoms with Gasteiger partial charge < -0.3 is 0 Å². The van der Waals surface area contributed by atoms with E-state index >= 15 is 0 Å². The Balaban J connectivity index is 2.01. The Bertz CT molecular complexity index is 66.9. The van der Waals surface area contributed by atoms with Crippen LogP contribution in [0.3, 0.4) is 0 Å². The Labute approximate surface area is 61.9 Å². The van der Waals surface area contributed by atoms with E-state index in [-0.39, 0.29) is 0 Å². The molecule has 48 valence electrons. The summed E-state index contributed by atoms with van der Waals surface area (Å²) >= 11 is 8.38. The van der Waals surface area contributed by atoms with Crippen LogP contribution >= 0.6 is 25.3 Å². The lowest BCUT2D eigenvalue weighted by Gasteiger charge is -2.25. The van der Waals surface area contributed by atoms with Gasteiger partial charge in [-0.3, -0.25) is 0 Å². The fraction of sp³-hybridized carbons (Fsp3) is 1.00. The van der Waals surface area contributed by atoms with Crippen molar-refractivity contribution in [3.63, 3.8) is 0 Å². The standard InChI is InChI=1S/C6H12S2/c7-6(8)4-5-2-1-3-5/h5-8H,1-4H2. The molecule has 0 radical (unpaired) electrons. The van der Waals surface area contributed by atoms with E-state index in [2.05, 4.69) is 25.3 Å². The highest BCUT2D eigenvalue weighted by atomic mass is 32.2. The van der Waals surface area contributed by atoms with E-state index in [1.165, 1.54) is 25.7 Å². The Morgan fingerprint density at radius 2 is 2.00 bits per heavy atom. The van der Waals surface area contributed by atoms with E-state index in [0.29, 0.717) is 4.58 Å². The van der Waals surface area contributed by atoms with Gasteiger partial charge in [-0.15, -0.1) is 0 Å². The summed E-state index contributed by atoms with van der Waals surface area (Å²) in [7, 11) is 0. The second-order valence-electron chi connectivity index (χ2n) is 2.51. The minimum atomic E-state index is 0.320. The number of hydrogen-bond acceptors (Lipinski definition) is 2. The molecule has 0 aromatic carbocycles. The summed E-state index contributed by atoms with van der Waals surface area (Å²) in [4.78, 5) is 0. The fourth-order valence-electron chi connectivity index (χ4n) is 1.03. The Kier molecular flexibility index (Phi) is 2.57. The van der Waals surface area contributed by atoms with Gasteiger partial charge in [0.2, 0.25) is 0 Å². The van der Waals surface area contributed by atoms with Crippen molar-refractivity contribution in [2.24, 2.45) is 5.92 Å². The van der Waals surface area contributed by atoms with Crippen molar-refractivity contribution in [2.75, 3.05) is 0 Å². The molecule has 0 amide bonds. The lowest BCUT2D eigenvalue weighted by atomic mass is 9.83. The maximum absolute atomic E-state index is 4.19. The minimum absolute atomic E-state index is 0.320. The molecule has 0 N–H and O–H groups in total. The zero-order valence-electron chi connectivity index (χ0n) is 4.88. The second kappa shape index (κ2) is 3.02. The topological polar surface area (TPSA) is 0 Å². The van der Waals surface area contributed by atoms with Crippen LogP contribution in [0, 0.1) is 5.92 Å². The SMILES string of the molecule is SC(S)CC1CCC1. The normalized spacial score (nSPS) is 21.4. The van der Waals surface area contributed by atoms with E-state index in [1.807, 2.05) is 0 Å². The first-order valence-corrected chi connectivity index (χ1v) is 4.18. The smallest absolute Gasteiger partial charge is 0.0444 e. The van der Waals surface area contributed by atoms with Crippen molar-refractivity contribution in [3.05, 3.63) is 0 Å². The van der Waals surface area contributed by atoms with Crippen LogP contribution in [-0.2, 0) is 0 Å². The van der Waals surface area contributed by atoms with Crippen LogP contribution in [0.4, 0.5) is 0 Å². The summed E-state index contributed by atoms with van der Waals surface area (Å²) in [5.41, 5.74) is 0. The molecule has 0 atom stereocenters. The van der Waals surface area contributed by atoms with Crippen molar-refractivity contribution >= 4 is 25.3 Å². The van der Waals surface area contributed by atoms with Crippen LogP contribution in [0.2, 0.25) is 0 Å². The molecule has 0 aromatic rings. The van der Waals surface area contributed by atoms with Crippen LogP contribution in [0.1, 0.15) is 25.7 Å². The molecular formula is C6H12S2. The zero-order chi connectivity index (χ0) is 5.98. The van der Waals surface area contributed by atoms with Crippen molar-refractivity contribution in [2.45, 2.75) is 30.3 Å². The fourth-order valence-corrected chi connectivity index (χ4v) is 1.62. The highest BCUT2D eigenvalue weighted by molar-refractivity contribution is 7.99. The quantitative estimate of drug-likeness (QED) is 0.436. The van der Waals surface area contributed by atoms with Gasteiger partial charge in [0.05, 0.1) is 0 Å². The third-order valence-corrected chi connectivity index (χ3v) is 2.19. The molecule has 1 aliphatic rings. The second-order valence-corrected chi connectivity index (χ2v) is 4.17. The minimum Gasteiger partial charge on any atom is -0.165 e. The van der Waals surface area contributed by atoms with E-state index in [9.17, 15) is 0 Å². The molecule has 1 saturated carbocycles. The molecule has 0 unspecified atom stereocenters. The van der Waals surface area contributed by atoms with Gasteiger partial charge in [-0.25, -0.2) is 0 Å². The molecular weight excluding hydrogens is 136 g/mol. The molecule has 0 heterocycles. The predicted octanol–water partition coefficient (Wildman–Crippen LogP) is 2.36. The third kappa shape index (κ3) is 1.90. The van der Waals surface area contributed by atoms with Crippen molar-refractivity contribution in [1.82, 2.24) is 0 Å². The largest absolute Gasteiger partial charge is 0.165 e. The summed E-state index contributed by atoms with van der Waals surface area (Å²) in [6.45, 7) is 0. The summed E-state index contributed by atoms with van der Waals surface area (Å²) in [6, 6.07) is 0. The molecule has 0 aliphatic heterocycles. The number of hydrogen-bond donors (Lipinski definition) is 2. The van der Waals surface area contributed by atoms with Crippen molar-refractivity contribution < 1.29 is 0 Å². The molecule has 0 bridgehead atoms. The van der Waals surface area contributed by atoms with Gasteiger partial charge in [0.15, 0.2) is 0 Å². The Morgan fingerprint density at radius 1 is 1.38 bits per heavy atom. The summed E-state index contributed by atoms with van der Waals surface area (Å²) < 4.78 is 0.320. The summed E-state index contributed by atoms with van der Waals surface area (Å²) in [5, 5.41) is 0. The number of thiol groups is 2. The van der Waals surface area contributed by atoms with Crippen LogP contribution in [0.5, 0.6) is 0 Å². The van der Waals surface area contributed by atoms with Gasteiger partial charge in [-0.2, -0.15) is 25.3 Å². The first-order valence-electron chi connectivity index (χ1n) is 3.15.